The first-order chi connectivity index (χ1) is 15.5. The number of aliphatic hydroxyl groups excluding tert-OH is 2. The molecule has 9 nitrogen and oxygen atoms in total. The standard InChI is InChI=1S/C25H40O9/c1-7-17(28)34-19-20(33-12(2)26)25(32)15(10-16(27)21(25,3)4)23(6,31)14-9-8-13-18(29)24(14,19)11-22(13,5)30/h13-16,18-20,27,29-32H,7-11H2,1-6H3/t13-,14+,15+,16+,18?,19-,20-,22-,23-,24-,25+/m1/s1. The molecule has 4 saturated carbocycles. The minimum atomic E-state index is -1.99. The molecule has 0 saturated heterocycles. The van der Waals surface area contributed by atoms with Gasteiger partial charge in [0.25, 0.3) is 0 Å². The van der Waals surface area contributed by atoms with E-state index in [1.807, 2.05) is 0 Å². The number of fused-ring (bicyclic) bond motifs is 2. The molecule has 1 unspecified atom stereocenters. The topological polar surface area (TPSA) is 154 Å². The quantitative estimate of drug-likeness (QED) is 0.364. The van der Waals surface area contributed by atoms with Crippen LogP contribution in [0, 0.1) is 28.6 Å². The molecule has 0 radical (unpaired) electrons. The van der Waals surface area contributed by atoms with Crippen LogP contribution in [-0.4, -0.2) is 78.7 Å². The van der Waals surface area contributed by atoms with Crippen LogP contribution in [0.1, 0.15) is 73.6 Å². The molecule has 0 heterocycles. The van der Waals surface area contributed by atoms with Crippen LogP contribution in [0.2, 0.25) is 0 Å². The second-order valence-electron chi connectivity index (χ2n) is 12.2. The third-order valence-electron chi connectivity index (χ3n) is 10.2. The van der Waals surface area contributed by atoms with Gasteiger partial charge in [0.1, 0.15) is 5.60 Å². The first-order valence-corrected chi connectivity index (χ1v) is 12.4. The molecule has 5 N–H and O–H groups in total. The number of hydrogen-bond acceptors (Lipinski definition) is 9. The van der Waals surface area contributed by atoms with Gasteiger partial charge in [0.05, 0.1) is 23.4 Å². The number of rotatable bonds is 3. The number of carbonyl (C=O) groups excluding carboxylic acids is 2. The Bertz CT molecular complexity index is 866. The van der Waals surface area contributed by atoms with Crippen molar-refractivity contribution in [1.82, 2.24) is 0 Å². The Kier molecular flexibility index (Phi) is 5.79. The lowest BCUT2D eigenvalue weighted by Gasteiger charge is -2.52. The zero-order chi connectivity index (χ0) is 25.6. The van der Waals surface area contributed by atoms with Crippen LogP contribution in [0.15, 0.2) is 0 Å². The third-order valence-corrected chi connectivity index (χ3v) is 10.2. The van der Waals surface area contributed by atoms with E-state index in [1.165, 1.54) is 6.92 Å². The van der Waals surface area contributed by atoms with Crippen molar-refractivity contribution in [3.8, 4) is 0 Å². The molecule has 34 heavy (non-hydrogen) atoms. The van der Waals surface area contributed by atoms with Crippen LogP contribution in [0.3, 0.4) is 0 Å². The molecule has 0 aliphatic heterocycles. The highest BCUT2D eigenvalue weighted by atomic mass is 16.6. The summed E-state index contributed by atoms with van der Waals surface area (Å²) in [6.07, 6.45) is -4.15. The average Bonchev–Trinajstić information content (AvgIpc) is 2.94. The van der Waals surface area contributed by atoms with Crippen molar-refractivity contribution in [2.75, 3.05) is 0 Å². The first-order valence-electron chi connectivity index (χ1n) is 12.4. The van der Waals surface area contributed by atoms with Gasteiger partial charge in [0, 0.05) is 36.0 Å². The molecule has 0 aromatic carbocycles. The van der Waals surface area contributed by atoms with Gasteiger partial charge >= 0.3 is 11.9 Å². The Hall–Kier alpha value is -1.26. The van der Waals surface area contributed by atoms with Crippen LogP contribution in [0.25, 0.3) is 0 Å². The van der Waals surface area contributed by atoms with Crippen molar-refractivity contribution >= 4 is 11.9 Å². The predicted octanol–water partition coefficient (Wildman–Crippen LogP) is 0.671. The second kappa shape index (κ2) is 7.62. The molecular formula is C25H40O9. The maximum atomic E-state index is 12.7. The lowest BCUT2D eigenvalue weighted by Crippen LogP contribution is -2.65. The van der Waals surface area contributed by atoms with Gasteiger partial charge in [-0.3, -0.25) is 9.59 Å². The van der Waals surface area contributed by atoms with E-state index in [0.29, 0.717) is 12.8 Å². The average molecular weight is 485 g/mol. The zero-order valence-corrected chi connectivity index (χ0v) is 20.9. The van der Waals surface area contributed by atoms with Crippen LogP contribution >= 0.6 is 0 Å². The van der Waals surface area contributed by atoms with E-state index < -0.39 is 81.7 Å². The van der Waals surface area contributed by atoms with E-state index in [2.05, 4.69) is 0 Å². The van der Waals surface area contributed by atoms with Gasteiger partial charge in [-0.1, -0.05) is 20.8 Å². The van der Waals surface area contributed by atoms with Gasteiger partial charge in [-0.2, -0.15) is 0 Å². The van der Waals surface area contributed by atoms with Crippen molar-refractivity contribution in [2.24, 2.45) is 28.6 Å². The van der Waals surface area contributed by atoms with Crippen LogP contribution in [0.5, 0.6) is 0 Å². The van der Waals surface area contributed by atoms with E-state index in [1.54, 1.807) is 34.6 Å². The summed E-state index contributed by atoms with van der Waals surface area (Å²) in [5.41, 5.74) is -7.58. The Morgan fingerprint density at radius 2 is 1.56 bits per heavy atom. The Labute approximate surface area is 200 Å². The van der Waals surface area contributed by atoms with Gasteiger partial charge < -0.3 is 35.0 Å². The first kappa shape index (κ1) is 25.8. The van der Waals surface area contributed by atoms with Crippen molar-refractivity contribution in [1.29, 1.82) is 0 Å². The Balaban J connectivity index is 2.05. The van der Waals surface area contributed by atoms with Gasteiger partial charge in [0.2, 0.25) is 0 Å². The van der Waals surface area contributed by atoms with Crippen LogP contribution in [-0.2, 0) is 19.1 Å². The molecule has 4 aliphatic carbocycles. The monoisotopic (exact) mass is 484 g/mol. The molecule has 2 bridgehead atoms. The largest absolute Gasteiger partial charge is 0.458 e. The van der Waals surface area contributed by atoms with E-state index >= 15 is 0 Å². The van der Waals surface area contributed by atoms with Crippen molar-refractivity contribution in [3.05, 3.63) is 0 Å². The van der Waals surface area contributed by atoms with Crippen molar-refractivity contribution in [3.63, 3.8) is 0 Å². The molecule has 4 rings (SSSR count). The van der Waals surface area contributed by atoms with Crippen LogP contribution in [0.4, 0.5) is 0 Å². The summed E-state index contributed by atoms with van der Waals surface area (Å²) in [4.78, 5) is 25.1. The molecule has 9 heteroatoms. The second-order valence-corrected chi connectivity index (χ2v) is 12.2. The molecular weight excluding hydrogens is 444 g/mol. The van der Waals surface area contributed by atoms with Crippen molar-refractivity contribution < 1.29 is 44.6 Å². The highest BCUT2D eigenvalue weighted by Gasteiger charge is 2.81. The maximum absolute atomic E-state index is 12.7. The summed E-state index contributed by atoms with van der Waals surface area (Å²) in [6.45, 7) is 9.27. The Morgan fingerprint density at radius 3 is 2.12 bits per heavy atom. The smallest absolute Gasteiger partial charge is 0.305 e. The van der Waals surface area contributed by atoms with Gasteiger partial charge in [-0.05, 0) is 45.4 Å². The van der Waals surface area contributed by atoms with Gasteiger partial charge in [-0.15, -0.1) is 0 Å². The SMILES string of the molecule is CCC(=O)O[C@@H]1[C@@H](OC(C)=O)[C@@]2(O)[C@@H](C[C@H](O)C2(C)C)[C@](C)(O)[C@@H]2CC[C@@H]3C(O)[C@]12C[C@@]3(C)O. The molecule has 4 fully saturated rings. The fourth-order valence-corrected chi connectivity index (χ4v) is 8.43. The minimum Gasteiger partial charge on any atom is -0.458 e. The lowest BCUT2D eigenvalue weighted by atomic mass is 9.56. The molecule has 0 amide bonds. The number of esters is 2. The summed E-state index contributed by atoms with van der Waals surface area (Å²) in [7, 11) is 0. The molecule has 1 spiro atoms. The van der Waals surface area contributed by atoms with E-state index in [4.69, 9.17) is 9.47 Å². The number of hydrogen-bond donors (Lipinski definition) is 5. The molecule has 11 atom stereocenters. The fraction of sp³-hybridized carbons (Fsp3) is 0.920. The predicted molar refractivity (Wildman–Crippen MR) is 119 cm³/mol. The molecule has 0 aromatic heterocycles. The number of aliphatic hydroxyl groups is 5. The summed E-state index contributed by atoms with van der Waals surface area (Å²) in [5.74, 6) is -3.53. The van der Waals surface area contributed by atoms with Crippen molar-refractivity contribution in [2.45, 2.75) is 115 Å². The highest BCUT2D eigenvalue weighted by Crippen LogP contribution is 2.70. The van der Waals surface area contributed by atoms with E-state index in [0.717, 1.165) is 0 Å². The normalized spacial score (nSPS) is 53.4. The zero-order valence-electron chi connectivity index (χ0n) is 20.9. The summed E-state index contributed by atoms with van der Waals surface area (Å²) >= 11 is 0. The Morgan fingerprint density at radius 1 is 0.941 bits per heavy atom. The number of carbonyl (C=O) groups is 2. The minimum absolute atomic E-state index is 0.00213. The summed E-state index contributed by atoms with van der Waals surface area (Å²) < 4.78 is 11.7. The van der Waals surface area contributed by atoms with Gasteiger partial charge in [-0.25, -0.2) is 0 Å². The lowest BCUT2D eigenvalue weighted by molar-refractivity contribution is -0.241. The highest BCUT2D eigenvalue weighted by molar-refractivity contribution is 5.70. The summed E-state index contributed by atoms with van der Waals surface area (Å²) in [6, 6.07) is 0. The third kappa shape index (κ3) is 3.03. The fourth-order valence-electron chi connectivity index (χ4n) is 8.43. The van der Waals surface area contributed by atoms with E-state index in [-0.39, 0.29) is 19.3 Å². The molecule has 0 aromatic rings. The number of ether oxygens (including phenoxy) is 2. The molecule has 194 valence electrons. The van der Waals surface area contributed by atoms with Crippen LogP contribution < -0.4 is 0 Å². The maximum Gasteiger partial charge on any atom is 0.305 e. The van der Waals surface area contributed by atoms with E-state index in [9.17, 15) is 35.1 Å². The summed E-state index contributed by atoms with van der Waals surface area (Å²) in [5, 5.41) is 58.6. The van der Waals surface area contributed by atoms with Gasteiger partial charge in [0.15, 0.2) is 12.2 Å². The molecule has 4 aliphatic rings.